The molecule has 0 spiro atoms. The Hall–Kier alpha value is -2.09. The van der Waals surface area contributed by atoms with E-state index in [1.165, 1.54) is 11.1 Å². The van der Waals surface area contributed by atoms with Crippen molar-refractivity contribution in [3.8, 4) is 0 Å². The van der Waals surface area contributed by atoms with Crippen LogP contribution in [-0.2, 0) is 17.6 Å². The van der Waals surface area contributed by atoms with Gasteiger partial charge in [-0.25, -0.2) is 0 Å². The summed E-state index contributed by atoms with van der Waals surface area (Å²) in [7, 11) is 0. The van der Waals surface area contributed by atoms with Crippen LogP contribution in [0.5, 0.6) is 0 Å². The second-order valence-electron chi connectivity index (χ2n) is 5.24. The second kappa shape index (κ2) is 5.49. The number of aryl methyl sites for hydroxylation is 2. The number of carbonyl (C=O) groups is 1. The van der Waals surface area contributed by atoms with Crippen LogP contribution >= 0.6 is 0 Å². The minimum atomic E-state index is 0.189. The number of amides is 1. The quantitative estimate of drug-likeness (QED) is 0.795. The van der Waals surface area contributed by atoms with Crippen molar-refractivity contribution in [2.75, 3.05) is 4.90 Å². The standard InChI is InChI=1S/C18H19NO/c1-2-7-18(20)19-16-10-5-3-8-14(16)12-13-15-9-4-6-11-17(15)19/h3-6,8-11H,2,7,12-13H2,1H3. The predicted octanol–water partition coefficient (Wildman–Crippen LogP) is 4.25. The van der Waals surface area contributed by atoms with Crippen LogP contribution in [0.3, 0.4) is 0 Å². The van der Waals surface area contributed by atoms with E-state index in [0.29, 0.717) is 6.42 Å². The van der Waals surface area contributed by atoms with E-state index in [1.807, 2.05) is 24.0 Å². The maximum absolute atomic E-state index is 12.6. The Kier molecular flexibility index (Phi) is 3.55. The fourth-order valence-corrected chi connectivity index (χ4v) is 2.87. The second-order valence-corrected chi connectivity index (χ2v) is 5.24. The van der Waals surface area contributed by atoms with Gasteiger partial charge in [-0.2, -0.15) is 0 Å². The molecule has 1 aliphatic rings. The van der Waals surface area contributed by atoms with Crippen LogP contribution in [0, 0.1) is 0 Å². The number of hydrogen-bond acceptors (Lipinski definition) is 1. The third kappa shape index (κ3) is 2.22. The van der Waals surface area contributed by atoms with E-state index in [1.54, 1.807) is 0 Å². The molecule has 20 heavy (non-hydrogen) atoms. The lowest BCUT2D eigenvalue weighted by Crippen LogP contribution is -2.26. The van der Waals surface area contributed by atoms with Crippen LogP contribution in [0.4, 0.5) is 11.4 Å². The molecule has 1 heterocycles. The lowest BCUT2D eigenvalue weighted by molar-refractivity contribution is -0.117. The predicted molar refractivity (Wildman–Crippen MR) is 82.3 cm³/mol. The zero-order valence-electron chi connectivity index (χ0n) is 11.8. The van der Waals surface area contributed by atoms with Crippen LogP contribution in [0.15, 0.2) is 48.5 Å². The first kappa shape index (κ1) is 12.9. The summed E-state index contributed by atoms with van der Waals surface area (Å²) in [6.45, 7) is 2.05. The number of carbonyl (C=O) groups excluding carboxylic acids is 1. The Morgan fingerprint density at radius 2 is 1.45 bits per heavy atom. The molecule has 2 heteroatoms. The summed E-state index contributed by atoms with van der Waals surface area (Å²) in [6.07, 6.45) is 3.44. The number of hydrogen-bond donors (Lipinski definition) is 0. The summed E-state index contributed by atoms with van der Waals surface area (Å²) in [5.74, 6) is 0.189. The molecule has 0 bridgehead atoms. The largest absolute Gasteiger partial charge is 0.281 e. The van der Waals surface area contributed by atoms with Gasteiger partial charge in [-0.15, -0.1) is 0 Å². The first-order valence-electron chi connectivity index (χ1n) is 7.30. The minimum Gasteiger partial charge on any atom is -0.281 e. The van der Waals surface area contributed by atoms with Gasteiger partial charge in [0.05, 0.1) is 11.4 Å². The number of fused-ring (bicyclic) bond motifs is 2. The van der Waals surface area contributed by atoms with Crippen molar-refractivity contribution in [3.63, 3.8) is 0 Å². The fourth-order valence-electron chi connectivity index (χ4n) is 2.87. The fraction of sp³-hybridized carbons (Fsp3) is 0.278. The molecule has 0 aliphatic carbocycles. The van der Waals surface area contributed by atoms with Crippen LogP contribution in [0.2, 0.25) is 0 Å². The van der Waals surface area contributed by atoms with Gasteiger partial charge in [-0.05, 0) is 42.5 Å². The van der Waals surface area contributed by atoms with Crippen molar-refractivity contribution in [1.29, 1.82) is 0 Å². The van der Waals surface area contributed by atoms with E-state index < -0.39 is 0 Å². The summed E-state index contributed by atoms with van der Waals surface area (Å²) in [5.41, 5.74) is 4.62. The van der Waals surface area contributed by atoms with Crippen LogP contribution in [-0.4, -0.2) is 5.91 Å². The number of anilines is 2. The van der Waals surface area contributed by atoms with E-state index >= 15 is 0 Å². The maximum atomic E-state index is 12.6. The van der Waals surface area contributed by atoms with Gasteiger partial charge in [-0.3, -0.25) is 9.69 Å². The molecule has 0 unspecified atom stereocenters. The third-order valence-electron chi connectivity index (χ3n) is 3.84. The Labute approximate surface area is 120 Å². The summed E-state index contributed by atoms with van der Waals surface area (Å²) in [4.78, 5) is 14.5. The Morgan fingerprint density at radius 1 is 0.950 bits per heavy atom. The molecular formula is C18H19NO. The third-order valence-corrected chi connectivity index (χ3v) is 3.84. The first-order valence-corrected chi connectivity index (χ1v) is 7.30. The van der Waals surface area contributed by atoms with Crippen molar-refractivity contribution in [3.05, 3.63) is 59.7 Å². The number of para-hydroxylation sites is 2. The molecule has 0 atom stereocenters. The molecule has 1 amide bonds. The molecule has 102 valence electrons. The molecule has 0 fully saturated rings. The lowest BCUT2D eigenvalue weighted by Gasteiger charge is -2.24. The van der Waals surface area contributed by atoms with Gasteiger partial charge in [0.1, 0.15) is 0 Å². The topological polar surface area (TPSA) is 20.3 Å². The smallest absolute Gasteiger partial charge is 0.231 e. The molecule has 2 aromatic rings. The highest BCUT2D eigenvalue weighted by Gasteiger charge is 2.24. The highest BCUT2D eigenvalue weighted by atomic mass is 16.2. The number of benzene rings is 2. The SMILES string of the molecule is CCCC(=O)N1c2ccccc2CCc2ccccc21. The van der Waals surface area contributed by atoms with Crippen LogP contribution in [0.1, 0.15) is 30.9 Å². The van der Waals surface area contributed by atoms with Crippen molar-refractivity contribution < 1.29 is 4.79 Å². The van der Waals surface area contributed by atoms with Gasteiger partial charge < -0.3 is 0 Å². The van der Waals surface area contributed by atoms with E-state index in [0.717, 1.165) is 30.6 Å². The number of nitrogens with zero attached hydrogens (tertiary/aromatic N) is 1. The van der Waals surface area contributed by atoms with Crippen molar-refractivity contribution >= 4 is 17.3 Å². The summed E-state index contributed by atoms with van der Waals surface area (Å²) < 4.78 is 0. The lowest BCUT2D eigenvalue weighted by atomic mass is 10.0. The van der Waals surface area contributed by atoms with E-state index in [9.17, 15) is 4.79 Å². The van der Waals surface area contributed by atoms with Gasteiger partial charge in [-0.1, -0.05) is 43.3 Å². The van der Waals surface area contributed by atoms with Crippen molar-refractivity contribution in [2.24, 2.45) is 0 Å². The van der Waals surface area contributed by atoms with Gasteiger partial charge in [0.15, 0.2) is 0 Å². The Balaban J connectivity index is 2.16. The highest BCUT2D eigenvalue weighted by molar-refractivity contribution is 6.02. The van der Waals surface area contributed by atoms with Gasteiger partial charge in [0.25, 0.3) is 0 Å². The zero-order valence-corrected chi connectivity index (χ0v) is 11.8. The van der Waals surface area contributed by atoms with E-state index in [2.05, 4.69) is 36.4 Å². The number of rotatable bonds is 2. The Bertz CT molecular complexity index is 585. The minimum absolute atomic E-state index is 0.189. The normalized spacial score (nSPS) is 13.3. The molecule has 1 aliphatic heterocycles. The summed E-state index contributed by atoms with van der Waals surface area (Å²) in [5, 5.41) is 0. The van der Waals surface area contributed by atoms with Crippen LogP contribution < -0.4 is 4.90 Å². The Morgan fingerprint density at radius 3 is 1.95 bits per heavy atom. The molecule has 0 N–H and O–H groups in total. The van der Waals surface area contributed by atoms with Crippen molar-refractivity contribution in [1.82, 2.24) is 0 Å². The maximum Gasteiger partial charge on any atom is 0.231 e. The van der Waals surface area contributed by atoms with Gasteiger partial charge in [0, 0.05) is 6.42 Å². The average molecular weight is 265 g/mol. The van der Waals surface area contributed by atoms with Gasteiger partial charge in [0.2, 0.25) is 5.91 Å². The van der Waals surface area contributed by atoms with Crippen molar-refractivity contribution in [2.45, 2.75) is 32.6 Å². The molecule has 2 nitrogen and oxygen atoms in total. The molecule has 3 rings (SSSR count). The van der Waals surface area contributed by atoms with Gasteiger partial charge >= 0.3 is 0 Å². The summed E-state index contributed by atoms with van der Waals surface area (Å²) >= 11 is 0. The molecule has 0 saturated carbocycles. The van der Waals surface area contributed by atoms with E-state index in [4.69, 9.17) is 0 Å². The molecule has 2 aromatic carbocycles. The first-order chi connectivity index (χ1) is 9.81. The van der Waals surface area contributed by atoms with Crippen LogP contribution in [0.25, 0.3) is 0 Å². The monoisotopic (exact) mass is 265 g/mol. The van der Waals surface area contributed by atoms with E-state index in [-0.39, 0.29) is 5.91 Å². The summed E-state index contributed by atoms with van der Waals surface area (Å²) in [6, 6.07) is 16.5. The molecular weight excluding hydrogens is 246 g/mol. The molecule has 0 radical (unpaired) electrons. The molecule has 0 aromatic heterocycles. The average Bonchev–Trinajstić information content (AvgIpc) is 2.64. The molecule has 0 saturated heterocycles. The highest BCUT2D eigenvalue weighted by Crippen LogP contribution is 2.36. The zero-order chi connectivity index (χ0) is 13.9.